The Morgan fingerprint density at radius 1 is 0.536 bits per heavy atom. The molecule has 0 aromatic carbocycles. The van der Waals surface area contributed by atoms with Gasteiger partial charge in [-0.1, -0.05) is 0 Å². The number of carbonyl (C=O) groups is 2. The van der Waals surface area contributed by atoms with E-state index in [1.807, 2.05) is 0 Å². The summed E-state index contributed by atoms with van der Waals surface area (Å²) in [5, 5.41) is 0. The fourth-order valence-electron chi connectivity index (χ4n) is 1.94. The zero-order valence-electron chi connectivity index (χ0n) is 17.5. The van der Waals surface area contributed by atoms with E-state index in [2.05, 4.69) is 0 Å². The van der Waals surface area contributed by atoms with Gasteiger partial charge in [-0.3, -0.25) is 0 Å². The van der Waals surface area contributed by atoms with E-state index in [0.717, 1.165) is 12.2 Å². The molecule has 0 fully saturated rings. The van der Waals surface area contributed by atoms with E-state index >= 15 is 0 Å². The van der Waals surface area contributed by atoms with E-state index in [1.165, 1.54) is 0 Å². The summed E-state index contributed by atoms with van der Waals surface area (Å²) in [6.07, 6.45) is 1.79. The van der Waals surface area contributed by atoms with Crippen molar-refractivity contribution in [1.29, 1.82) is 0 Å². The molecule has 10 nitrogen and oxygen atoms in total. The zero-order valence-corrected chi connectivity index (χ0v) is 19.5. The highest BCUT2D eigenvalue weighted by Crippen LogP contribution is 2.14. The van der Waals surface area contributed by atoms with E-state index < -0.39 is 30.0 Å². The average molecular weight is 441 g/mol. The van der Waals surface area contributed by atoms with Gasteiger partial charge in [0.1, 0.15) is 0 Å². The van der Waals surface area contributed by atoms with Crippen LogP contribution < -0.4 is 0 Å². The first-order valence-corrected chi connectivity index (χ1v) is 12.6. The predicted octanol–water partition coefficient (Wildman–Crippen LogP) is 1.72. The van der Waals surface area contributed by atoms with Gasteiger partial charge in [0.15, 0.2) is 0 Å². The second-order valence-electron chi connectivity index (χ2n) is 4.77. The van der Waals surface area contributed by atoms with Gasteiger partial charge in [0.05, 0.1) is 0 Å². The van der Waals surface area contributed by atoms with E-state index in [9.17, 15) is 9.59 Å². The van der Waals surface area contributed by atoms with Crippen molar-refractivity contribution in [2.24, 2.45) is 0 Å². The van der Waals surface area contributed by atoms with Crippen molar-refractivity contribution in [3.63, 3.8) is 0 Å². The Kier molecular flexibility index (Phi) is 14.2. The highest BCUT2D eigenvalue weighted by atomic mass is 28.4. The Balaban J connectivity index is 5.11. The summed E-state index contributed by atoms with van der Waals surface area (Å²) in [6, 6.07) is 0. The number of hydrogen-bond acceptors (Lipinski definition) is 10. The van der Waals surface area contributed by atoms with Crippen LogP contribution in [0.15, 0.2) is 12.2 Å². The van der Waals surface area contributed by atoms with Crippen molar-refractivity contribution < 1.29 is 45.0 Å². The first-order chi connectivity index (χ1) is 13.4. The number of rotatable bonds is 16. The van der Waals surface area contributed by atoms with Gasteiger partial charge in [0.25, 0.3) is 0 Å². The number of carbonyl (C=O) groups excluding carboxylic acids is 2. The smallest absolute Gasteiger partial charge is 0.449 e. The van der Waals surface area contributed by atoms with Crippen LogP contribution in [0.5, 0.6) is 0 Å². The molecule has 0 aromatic rings. The minimum atomic E-state index is -3.63. The largest absolute Gasteiger partial charge is 0.751 e. The molecule has 0 bridgehead atoms. The fourth-order valence-corrected chi connectivity index (χ4v) is 5.54. The fraction of sp³-hybridized carbons (Fsp3) is 0.750. The van der Waals surface area contributed by atoms with Gasteiger partial charge in [-0.25, -0.2) is 9.59 Å². The van der Waals surface area contributed by atoms with Gasteiger partial charge in [0, 0.05) is 51.8 Å². The second-order valence-corrected chi connectivity index (χ2v) is 8.91. The molecule has 0 radical (unpaired) electrons. The van der Waals surface area contributed by atoms with Crippen LogP contribution in [-0.2, 0) is 45.0 Å². The molecule has 12 heteroatoms. The van der Waals surface area contributed by atoms with Crippen molar-refractivity contribution in [3.8, 4) is 0 Å². The van der Waals surface area contributed by atoms with Gasteiger partial charge < -0.3 is 35.4 Å². The molecule has 0 atom stereocenters. The third-order valence-corrected chi connectivity index (χ3v) is 7.49. The lowest BCUT2D eigenvalue weighted by atomic mass is 10.5. The van der Waals surface area contributed by atoms with E-state index in [0.29, 0.717) is 0 Å². The molecule has 28 heavy (non-hydrogen) atoms. The molecule has 0 aliphatic heterocycles. The van der Waals surface area contributed by atoms with Crippen LogP contribution in [0.1, 0.15) is 41.5 Å². The molecule has 0 rings (SSSR count). The normalized spacial score (nSPS) is 12.4. The van der Waals surface area contributed by atoms with Crippen LogP contribution in [0.4, 0.5) is 0 Å². The molecule has 0 N–H and O–H groups in total. The Morgan fingerprint density at radius 2 is 0.750 bits per heavy atom. The van der Waals surface area contributed by atoms with Gasteiger partial charge in [-0.15, -0.1) is 0 Å². The Hall–Kier alpha value is -1.13. The summed E-state index contributed by atoms with van der Waals surface area (Å²) in [5.41, 5.74) is 0. The Bertz CT molecular complexity index is 410. The van der Waals surface area contributed by atoms with Crippen molar-refractivity contribution in [2.75, 3.05) is 39.6 Å². The Morgan fingerprint density at radius 3 is 0.929 bits per heavy atom. The van der Waals surface area contributed by atoms with Gasteiger partial charge in [-0.2, -0.15) is 0 Å². The summed E-state index contributed by atoms with van der Waals surface area (Å²) in [7, 11) is -7.27. The first kappa shape index (κ1) is 26.9. The lowest BCUT2D eigenvalue weighted by Crippen LogP contribution is -2.51. The molecule has 0 aromatic heterocycles. The van der Waals surface area contributed by atoms with E-state index in [4.69, 9.17) is 35.4 Å². The van der Waals surface area contributed by atoms with E-state index in [-0.39, 0.29) is 39.6 Å². The Labute approximate surface area is 169 Å². The molecular formula is C16H32O10Si2. The minimum absolute atomic E-state index is 0.233. The molecule has 0 amide bonds. The average Bonchev–Trinajstić information content (AvgIpc) is 2.61. The monoisotopic (exact) mass is 440 g/mol. The molecule has 0 saturated carbocycles. The lowest BCUT2D eigenvalue weighted by Gasteiger charge is -2.25. The summed E-state index contributed by atoms with van der Waals surface area (Å²) in [4.78, 5) is 24.3. The maximum Gasteiger partial charge on any atom is 0.751 e. The maximum absolute atomic E-state index is 12.1. The van der Waals surface area contributed by atoms with Crippen LogP contribution >= 0.6 is 0 Å². The van der Waals surface area contributed by atoms with Crippen LogP contribution in [0.25, 0.3) is 0 Å². The molecule has 0 aliphatic rings. The van der Waals surface area contributed by atoms with E-state index in [1.54, 1.807) is 41.5 Å². The standard InChI is InChI=1S/C16H32O10Si2/c1-7-19-27(20-8-2,21-9-3)25-15(17)13-14-16(18)26-28(22-10-4,23-11-5)24-12-6/h13-14H,7-12H2,1-6H3/b14-13-. The van der Waals surface area contributed by atoms with Crippen molar-refractivity contribution in [3.05, 3.63) is 12.2 Å². The molecule has 0 spiro atoms. The third-order valence-electron chi connectivity index (χ3n) is 2.73. The summed E-state index contributed by atoms with van der Waals surface area (Å²) >= 11 is 0. The van der Waals surface area contributed by atoms with Crippen molar-refractivity contribution in [1.82, 2.24) is 0 Å². The highest BCUT2D eigenvalue weighted by molar-refractivity contribution is 6.56. The molecule has 0 heterocycles. The van der Waals surface area contributed by atoms with Crippen LogP contribution in [0, 0.1) is 0 Å². The summed E-state index contributed by atoms with van der Waals surface area (Å²) in [5.74, 6) is -1.73. The molecule has 0 unspecified atom stereocenters. The molecule has 0 aliphatic carbocycles. The third kappa shape index (κ3) is 9.88. The topological polar surface area (TPSA) is 108 Å². The lowest BCUT2D eigenvalue weighted by molar-refractivity contribution is -0.142. The molecular weight excluding hydrogens is 408 g/mol. The van der Waals surface area contributed by atoms with Gasteiger partial charge in [-0.05, 0) is 41.5 Å². The summed E-state index contributed by atoms with van der Waals surface area (Å²) in [6.45, 7) is 11.7. The molecule has 0 saturated heterocycles. The van der Waals surface area contributed by atoms with Crippen LogP contribution in [-0.4, -0.2) is 69.7 Å². The highest BCUT2D eigenvalue weighted by Gasteiger charge is 2.50. The van der Waals surface area contributed by atoms with Gasteiger partial charge >= 0.3 is 30.0 Å². The second kappa shape index (κ2) is 14.8. The van der Waals surface area contributed by atoms with Crippen LogP contribution in [0.2, 0.25) is 0 Å². The zero-order chi connectivity index (χ0) is 21.5. The summed E-state index contributed by atoms with van der Waals surface area (Å²) < 4.78 is 43.0. The maximum atomic E-state index is 12.1. The number of hydrogen-bond donors (Lipinski definition) is 0. The minimum Gasteiger partial charge on any atom is -0.449 e. The van der Waals surface area contributed by atoms with Crippen molar-refractivity contribution in [2.45, 2.75) is 41.5 Å². The quantitative estimate of drug-likeness (QED) is 0.260. The van der Waals surface area contributed by atoms with Gasteiger partial charge in [0.2, 0.25) is 0 Å². The molecule has 164 valence electrons. The first-order valence-electron chi connectivity index (χ1n) is 9.33. The van der Waals surface area contributed by atoms with Crippen molar-refractivity contribution >= 4 is 30.0 Å². The predicted molar refractivity (Wildman–Crippen MR) is 103 cm³/mol. The van der Waals surface area contributed by atoms with Crippen LogP contribution in [0.3, 0.4) is 0 Å². The SMILES string of the molecule is CCO[Si](OCC)(OCC)OC(=O)/C=C\C(=O)O[Si](OCC)(OCC)OCC.